The number of hydrogen-bond donors (Lipinski definition) is 0. The van der Waals surface area contributed by atoms with Crippen molar-refractivity contribution in [2.45, 2.75) is 0 Å². The van der Waals surface area contributed by atoms with Gasteiger partial charge in [-0.05, 0) is 48.5 Å². The van der Waals surface area contributed by atoms with Gasteiger partial charge in [0.25, 0.3) is 0 Å². The van der Waals surface area contributed by atoms with E-state index in [1.807, 2.05) is 0 Å². The summed E-state index contributed by atoms with van der Waals surface area (Å²) in [6, 6.07) is 71.0. The Morgan fingerprint density at radius 3 is 0.700 bits per heavy atom. The molecule has 0 amide bonds. The maximum atomic E-state index is 12.2. The molecule has 0 fully saturated rings. The minimum Gasteiger partial charge on any atom is -0.305 e. The summed E-state index contributed by atoms with van der Waals surface area (Å²) in [5.74, 6) is 1.33. The molecular weight excluding hydrogens is 733 g/mol. The van der Waals surface area contributed by atoms with Gasteiger partial charge >= 0.3 is 0 Å². The molecule has 0 saturated heterocycles. The zero-order valence-electron chi connectivity index (χ0n) is 32.2. The van der Waals surface area contributed by atoms with Crippen molar-refractivity contribution >= 4 is 87.2 Å². The lowest BCUT2D eigenvalue weighted by Gasteiger charge is -2.24. The highest BCUT2D eigenvalue weighted by atomic mass is 15.2. The third kappa shape index (κ3) is 4.27. The molecule has 0 N–H and O–H groups in total. The Kier molecular flexibility index (Phi) is 6.70. The van der Waals surface area contributed by atoms with Gasteiger partial charge in [-0.25, -0.2) is 4.98 Å². The molecule has 6 nitrogen and oxygen atoms in total. The molecule has 0 aliphatic carbocycles. The Morgan fingerprint density at radius 2 is 0.483 bits per heavy atom. The summed E-state index contributed by atoms with van der Waals surface area (Å²) in [7, 11) is 0. The van der Waals surface area contributed by atoms with Crippen LogP contribution < -0.4 is 0 Å². The maximum absolute atomic E-state index is 12.2. The second kappa shape index (κ2) is 12.3. The van der Waals surface area contributed by atoms with Gasteiger partial charge < -0.3 is 9.13 Å². The van der Waals surface area contributed by atoms with Gasteiger partial charge in [-0.1, -0.05) is 146 Å². The number of pyridine rings is 1. The number of benzene rings is 8. The van der Waals surface area contributed by atoms with Crippen LogP contribution in [0.1, 0.15) is 5.56 Å². The number of para-hydroxylation sites is 8. The topological polar surface area (TPSA) is 56.4 Å². The van der Waals surface area contributed by atoms with E-state index in [1.165, 1.54) is 0 Å². The Hall–Kier alpha value is -8.40. The Labute approximate surface area is 343 Å². The Balaban J connectivity index is 1.35. The molecule has 5 heterocycles. The number of nitriles is 1. The first-order chi connectivity index (χ1) is 29.8. The zero-order chi connectivity index (χ0) is 39.5. The number of hydrogen-bond acceptors (Lipinski definition) is 2. The Morgan fingerprint density at radius 1 is 0.283 bits per heavy atom. The van der Waals surface area contributed by atoms with Crippen LogP contribution in [0.5, 0.6) is 0 Å². The van der Waals surface area contributed by atoms with Crippen molar-refractivity contribution in [1.29, 1.82) is 5.26 Å². The molecule has 0 radical (unpaired) electrons. The van der Waals surface area contributed by atoms with Gasteiger partial charge in [0.2, 0.25) is 0 Å². The van der Waals surface area contributed by atoms with Crippen molar-refractivity contribution in [1.82, 2.24) is 23.3 Å². The summed E-state index contributed by atoms with van der Waals surface area (Å²) in [6.07, 6.45) is 0. The van der Waals surface area contributed by atoms with Gasteiger partial charge in [0.05, 0.1) is 44.1 Å². The summed E-state index contributed by atoms with van der Waals surface area (Å²) < 4.78 is 9.11. The van der Waals surface area contributed by atoms with E-state index in [4.69, 9.17) is 4.98 Å². The highest BCUT2D eigenvalue weighted by molar-refractivity contribution is 6.14. The van der Waals surface area contributed by atoms with Crippen molar-refractivity contribution < 1.29 is 0 Å². The van der Waals surface area contributed by atoms with E-state index in [9.17, 15) is 5.26 Å². The van der Waals surface area contributed by atoms with Crippen LogP contribution >= 0.6 is 0 Å². The quantitative estimate of drug-likeness (QED) is 0.179. The average Bonchev–Trinajstić information content (AvgIpc) is 4.04. The van der Waals surface area contributed by atoms with Gasteiger partial charge in [0, 0.05) is 43.1 Å². The van der Waals surface area contributed by atoms with Gasteiger partial charge in [0.1, 0.15) is 23.0 Å². The largest absolute Gasteiger partial charge is 0.305 e. The van der Waals surface area contributed by atoms with Crippen LogP contribution in [-0.2, 0) is 0 Å². The van der Waals surface area contributed by atoms with Gasteiger partial charge in [0.15, 0.2) is 11.6 Å². The molecule has 8 aromatic carbocycles. The lowest BCUT2D eigenvalue weighted by Crippen LogP contribution is -2.16. The first-order valence-corrected chi connectivity index (χ1v) is 20.2. The average molecular weight is 765 g/mol. The molecule has 278 valence electrons. The van der Waals surface area contributed by atoms with E-state index >= 15 is 0 Å². The molecule has 0 bridgehead atoms. The monoisotopic (exact) mass is 764 g/mol. The predicted molar refractivity (Wildman–Crippen MR) is 246 cm³/mol. The third-order valence-electron chi connectivity index (χ3n) is 12.4. The summed E-state index contributed by atoms with van der Waals surface area (Å²) in [4.78, 5) is 6.04. The number of aromatic nitrogens is 5. The van der Waals surface area contributed by atoms with Crippen LogP contribution in [0.3, 0.4) is 0 Å². The fourth-order valence-electron chi connectivity index (χ4n) is 10.0. The first-order valence-electron chi connectivity index (χ1n) is 20.2. The van der Waals surface area contributed by atoms with Crippen LogP contribution in [0, 0.1) is 11.3 Å². The standard InChI is InChI=1S/C54H32N6/c55-33-42-51(57-43-25-9-1-17-34(43)35-18-2-10-26-44(35)57)53(59-47-29-13-5-21-38(47)39-22-6-14-30-48(39)59)56-54(60-49-31-15-7-23-40(49)41-24-8-16-32-50(41)60)52(42)58-45-27-11-3-19-36(45)37-20-4-12-28-46(37)58/h1-32H. The van der Waals surface area contributed by atoms with Crippen molar-refractivity contribution in [3.05, 3.63) is 200 Å². The van der Waals surface area contributed by atoms with Crippen molar-refractivity contribution in [3.63, 3.8) is 0 Å². The van der Waals surface area contributed by atoms with Gasteiger partial charge in [-0.3, -0.25) is 9.13 Å². The second-order valence-electron chi connectivity index (χ2n) is 15.4. The van der Waals surface area contributed by atoms with E-state index in [1.54, 1.807) is 0 Å². The van der Waals surface area contributed by atoms with Crippen molar-refractivity contribution in [2.24, 2.45) is 0 Å². The molecule has 13 rings (SSSR count). The van der Waals surface area contributed by atoms with Crippen LogP contribution in [0.4, 0.5) is 0 Å². The molecule has 6 heteroatoms. The summed E-state index contributed by atoms with van der Waals surface area (Å²) in [6.45, 7) is 0. The van der Waals surface area contributed by atoms with Gasteiger partial charge in [-0.2, -0.15) is 5.26 Å². The summed E-state index contributed by atoms with van der Waals surface area (Å²) >= 11 is 0. The molecule has 0 atom stereocenters. The Bertz CT molecular complexity index is 3510. The van der Waals surface area contributed by atoms with Crippen LogP contribution in [0.2, 0.25) is 0 Å². The molecule has 60 heavy (non-hydrogen) atoms. The molecular formula is C54H32N6. The molecule has 13 aromatic rings. The highest BCUT2D eigenvalue weighted by Crippen LogP contribution is 2.45. The fraction of sp³-hybridized carbons (Fsp3) is 0. The summed E-state index contributed by atoms with van der Waals surface area (Å²) in [5.41, 5.74) is 9.96. The SMILES string of the molecule is N#Cc1c(-n2c3ccccc3c3ccccc32)c(-n2c3ccccc3c3ccccc32)nc(-n2c3ccccc3c3ccccc32)c1-n1c2ccccc2c2ccccc21. The van der Waals surface area contributed by atoms with Crippen molar-refractivity contribution in [3.8, 4) is 29.1 Å². The van der Waals surface area contributed by atoms with E-state index < -0.39 is 0 Å². The lowest BCUT2D eigenvalue weighted by atomic mass is 10.1. The molecule has 0 aliphatic rings. The molecule has 5 aromatic heterocycles. The van der Waals surface area contributed by atoms with E-state index in [-0.39, 0.29) is 0 Å². The molecule has 0 spiro atoms. The lowest BCUT2D eigenvalue weighted by molar-refractivity contribution is 0.952. The van der Waals surface area contributed by atoms with Crippen LogP contribution in [0.25, 0.3) is 110 Å². The van der Waals surface area contributed by atoms with E-state index in [0.717, 1.165) is 87.2 Å². The maximum Gasteiger partial charge on any atom is 0.166 e. The highest BCUT2D eigenvalue weighted by Gasteiger charge is 2.31. The normalized spacial score (nSPS) is 12.0. The minimum absolute atomic E-state index is 0.511. The number of rotatable bonds is 4. The number of fused-ring (bicyclic) bond motifs is 12. The number of nitrogens with zero attached hydrogens (tertiary/aromatic N) is 6. The van der Waals surface area contributed by atoms with Crippen molar-refractivity contribution in [2.75, 3.05) is 0 Å². The van der Waals surface area contributed by atoms with Crippen LogP contribution in [-0.4, -0.2) is 23.3 Å². The minimum atomic E-state index is 0.511. The van der Waals surface area contributed by atoms with Gasteiger partial charge in [-0.15, -0.1) is 0 Å². The smallest absolute Gasteiger partial charge is 0.166 e. The third-order valence-corrected chi connectivity index (χ3v) is 12.4. The summed E-state index contributed by atoms with van der Waals surface area (Å²) in [5, 5.41) is 21.1. The molecule has 0 saturated carbocycles. The molecule has 0 aliphatic heterocycles. The zero-order valence-corrected chi connectivity index (χ0v) is 32.2. The fourth-order valence-corrected chi connectivity index (χ4v) is 10.0. The van der Waals surface area contributed by atoms with E-state index in [2.05, 4.69) is 218 Å². The second-order valence-corrected chi connectivity index (χ2v) is 15.4. The van der Waals surface area contributed by atoms with Crippen LogP contribution in [0.15, 0.2) is 194 Å². The van der Waals surface area contributed by atoms with E-state index in [0.29, 0.717) is 28.6 Å². The first kappa shape index (κ1) is 32.7. The predicted octanol–water partition coefficient (Wildman–Crippen LogP) is 13.3. The molecule has 0 unspecified atom stereocenters.